The van der Waals surface area contributed by atoms with Crippen LogP contribution in [0.2, 0.25) is 5.02 Å². The van der Waals surface area contributed by atoms with E-state index >= 15 is 0 Å². The van der Waals surface area contributed by atoms with Crippen LogP contribution in [0.25, 0.3) is 11.0 Å². The number of hydrogen-bond acceptors (Lipinski definition) is 5. The van der Waals surface area contributed by atoms with Crippen LogP contribution in [-0.2, 0) is 0 Å². The molecule has 8 heteroatoms. The lowest BCUT2D eigenvalue weighted by Crippen LogP contribution is -2.16. The zero-order chi connectivity index (χ0) is 19.4. The number of halogens is 2. The highest BCUT2D eigenvalue weighted by molar-refractivity contribution is 9.10. The maximum atomic E-state index is 12.2. The first-order valence-corrected chi connectivity index (χ1v) is 9.21. The summed E-state index contributed by atoms with van der Waals surface area (Å²) in [4.78, 5) is 12.2. The predicted molar refractivity (Wildman–Crippen MR) is 108 cm³/mol. The molecule has 1 amide bonds. The van der Waals surface area contributed by atoms with Gasteiger partial charge in [-0.2, -0.15) is 5.10 Å². The second-order valence-electron chi connectivity index (χ2n) is 5.45. The van der Waals surface area contributed by atoms with Gasteiger partial charge in [-0.1, -0.05) is 11.6 Å². The summed E-state index contributed by atoms with van der Waals surface area (Å²) in [5, 5.41) is 5.30. The highest BCUT2D eigenvalue weighted by atomic mass is 79.9. The van der Waals surface area contributed by atoms with E-state index in [1.807, 2.05) is 6.92 Å². The average Bonchev–Trinajstić information content (AvgIpc) is 3.07. The summed E-state index contributed by atoms with van der Waals surface area (Å²) in [6.45, 7) is 2.42. The number of benzene rings is 2. The first-order valence-electron chi connectivity index (χ1n) is 8.04. The molecule has 0 aliphatic rings. The molecular weight excluding hydrogens is 436 g/mol. The van der Waals surface area contributed by atoms with Crippen LogP contribution < -0.4 is 14.9 Å². The van der Waals surface area contributed by atoms with Gasteiger partial charge in [-0.05, 0) is 59.3 Å². The molecule has 0 bridgehead atoms. The highest BCUT2D eigenvalue weighted by Gasteiger charge is 2.12. The van der Waals surface area contributed by atoms with Gasteiger partial charge in [0, 0.05) is 20.4 Å². The van der Waals surface area contributed by atoms with Crippen molar-refractivity contribution in [3.8, 4) is 11.5 Å². The quantitative estimate of drug-likeness (QED) is 0.422. The van der Waals surface area contributed by atoms with Gasteiger partial charge in [-0.3, -0.25) is 4.79 Å². The molecule has 6 nitrogen and oxygen atoms in total. The van der Waals surface area contributed by atoms with Gasteiger partial charge in [0.1, 0.15) is 5.58 Å². The van der Waals surface area contributed by atoms with E-state index in [0.717, 1.165) is 9.86 Å². The Morgan fingerprint density at radius 2 is 2.11 bits per heavy atom. The van der Waals surface area contributed by atoms with Crippen LogP contribution in [0.1, 0.15) is 23.0 Å². The van der Waals surface area contributed by atoms with Crippen molar-refractivity contribution < 1.29 is 18.7 Å². The number of carbonyl (C=O) groups is 1. The number of furan rings is 1. The van der Waals surface area contributed by atoms with Crippen LogP contribution in [-0.4, -0.2) is 25.8 Å². The first kappa shape index (κ1) is 19.3. The van der Waals surface area contributed by atoms with Gasteiger partial charge in [0.2, 0.25) is 0 Å². The summed E-state index contributed by atoms with van der Waals surface area (Å²) < 4.78 is 17.1. The minimum atomic E-state index is -0.465. The van der Waals surface area contributed by atoms with Gasteiger partial charge in [-0.15, -0.1) is 0 Å². The Kier molecular flexibility index (Phi) is 6.03. The smallest absolute Gasteiger partial charge is 0.307 e. The van der Waals surface area contributed by atoms with Crippen LogP contribution in [0, 0.1) is 0 Å². The highest BCUT2D eigenvalue weighted by Crippen LogP contribution is 2.32. The van der Waals surface area contributed by atoms with E-state index in [0.29, 0.717) is 34.3 Å². The van der Waals surface area contributed by atoms with Crippen molar-refractivity contribution in [2.24, 2.45) is 5.10 Å². The standard InChI is InChI=1S/C19H16BrClN2O4/c1-3-26-17-9-14(20)12(8-16(17)25-2)10-22-23-19(24)18-7-11-6-13(21)4-5-15(11)27-18/h4-10H,3H2,1-2H3,(H,23,24)/b22-10-. The van der Waals surface area contributed by atoms with Crippen LogP contribution in [0.3, 0.4) is 0 Å². The molecule has 0 spiro atoms. The molecule has 0 fully saturated rings. The van der Waals surface area contributed by atoms with Crippen molar-refractivity contribution in [3.63, 3.8) is 0 Å². The summed E-state index contributed by atoms with van der Waals surface area (Å²) >= 11 is 9.39. The number of amides is 1. The molecule has 0 aliphatic heterocycles. The van der Waals surface area contributed by atoms with Crippen molar-refractivity contribution in [2.45, 2.75) is 6.92 Å². The van der Waals surface area contributed by atoms with Crippen molar-refractivity contribution in [1.82, 2.24) is 5.43 Å². The van der Waals surface area contributed by atoms with Crippen LogP contribution in [0.5, 0.6) is 11.5 Å². The number of rotatable bonds is 6. The SMILES string of the molecule is CCOc1cc(Br)c(/C=N\NC(=O)c2cc3cc(Cl)ccc3o2)cc1OC. The summed E-state index contributed by atoms with van der Waals surface area (Å²) in [7, 11) is 1.56. The fourth-order valence-corrected chi connectivity index (χ4v) is 3.02. The summed E-state index contributed by atoms with van der Waals surface area (Å²) in [6.07, 6.45) is 1.50. The lowest BCUT2D eigenvalue weighted by molar-refractivity contribution is 0.0929. The molecule has 2 aromatic carbocycles. The summed E-state index contributed by atoms with van der Waals surface area (Å²) in [5.74, 6) is 0.872. The Balaban J connectivity index is 1.75. The van der Waals surface area contributed by atoms with E-state index in [1.54, 1.807) is 43.5 Å². The third kappa shape index (κ3) is 4.43. The Bertz CT molecular complexity index is 1020. The maximum Gasteiger partial charge on any atom is 0.307 e. The van der Waals surface area contributed by atoms with Crippen LogP contribution in [0.4, 0.5) is 0 Å². The minimum Gasteiger partial charge on any atom is -0.493 e. The Morgan fingerprint density at radius 3 is 2.85 bits per heavy atom. The number of hydrazone groups is 1. The van der Waals surface area contributed by atoms with Gasteiger partial charge in [0.15, 0.2) is 17.3 Å². The number of ether oxygens (including phenoxy) is 2. The molecule has 0 unspecified atom stereocenters. The molecule has 0 saturated carbocycles. The lowest BCUT2D eigenvalue weighted by atomic mass is 10.2. The summed E-state index contributed by atoms with van der Waals surface area (Å²) in [5.41, 5.74) is 3.73. The van der Waals surface area contributed by atoms with Gasteiger partial charge < -0.3 is 13.9 Å². The molecule has 1 N–H and O–H groups in total. The molecule has 3 rings (SSSR count). The zero-order valence-electron chi connectivity index (χ0n) is 14.6. The molecule has 1 aromatic heterocycles. The topological polar surface area (TPSA) is 73.1 Å². The molecule has 0 aliphatic carbocycles. The molecule has 0 radical (unpaired) electrons. The van der Waals surface area contributed by atoms with E-state index in [4.69, 9.17) is 25.5 Å². The van der Waals surface area contributed by atoms with Crippen LogP contribution >= 0.6 is 27.5 Å². The third-order valence-electron chi connectivity index (χ3n) is 3.65. The minimum absolute atomic E-state index is 0.146. The number of fused-ring (bicyclic) bond motifs is 1. The molecule has 27 heavy (non-hydrogen) atoms. The van der Waals surface area contributed by atoms with Crippen molar-refractivity contribution >= 4 is 50.6 Å². The Hall–Kier alpha value is -2.51. The van der Waals surface area contributed by atoms with Crippen molar-refractivity contribution in [3.05, 3.63) is 57.2 Å². The largest absolute Gasteiger partial charge is 0.493 e. The predicted octanol–water partition coefficient (Wildman–Crippen LogP) is 5.02. The molecule has 0 saturated heterocycles. The van der Waals surface area contributed by atoms with Crippen molar-refractivity contribution in [1.29, 1.82) is 0 Å². The Morgan fingerprint density at radius 1 is 1.30 bits per heavy atom. The van der Waals surface area contributed by atoms with E-state index < -0.39 is 5.91 Å². The monoisotopic (exact) mass is 450 g/mol. The average molecular weight is 452 g/mol. The number of carbonyl (C=O) groups excluding carboxylic acids is 1. The number of hydrogen-bond donors (Lipinski definition) is 1. The van der Waals surface area contributed by atoms with Gasteiger partial charge in [-0.25, -0.2) is 5.43 Å². The van der Waals surface area contributed by atoms with Gasteiger partial charge >= 0.3 is 5.91 Å². The Labute approximate surface area is 169 Å². The maximum absolute atomic E-state index is 12.2. The molecule has 140 valence electrons. The number of nitrogens with one attached hydrogen (secondary N) is 1. The summed E-state index contributed by atoms with van der Waals surface area (Å²) in [6, 6.07) is 10.3. The van der Waals surface area contributed by atoms with Gasteiger partial charge in [0.25, 0.3) is 0 Å². The first-order chi connectivity index (χ1) is 13.0. The van der Waals surface area contributed by atoms with E-state index in [9.17, 15) is 4.79 Å². The third-order valence-corrected chi connectivity index (χ3v) is 4.58. The lowest BCUT2D eigenvalue weighted by Gasteiger charge is -2.11. The van der Waals surface area contributed by atoms with E-state index in [-0.39, 0.29) is 5.76 Å². The number of methoxy groups -OCH3 is 1. The normalized spacial score (nSPS) is 11.1. The number of nitrogens with zero attached hydrogens (tertiary/aromatic N) is 1. The van der Waals surface area contributed by atoms with E-state index in [1.165, 1.54) is 6.21 Å². The van der Waals surface area contributed by atoms with Crippen molar-refractivity contribution in [2.75, 3.05) is 13.7 Å². The second-order valence-corrected chi connectivity index (χ2v) is 6.74. The molecule has 0 atom stereocenters. The fraction of sp³-hybridized carbons (Fsp3) is 0.158. The fourth-order valence-electron chi connectivity index (χ4n) is 2.42. The van der Waals surface area contributed by atoms with Gasteiger partial charge in [0.05, 0.1) is 19.9 Å². The van der Waals surface area contributed by atoms with E-state index in [2.05, 4.69) is 26.5 Å². The molecule has 3 aromatic rings. The van der Waals surface area contributed by atoms with Crippen LogP contribution in [0.15, 0.2) is 50.4 Å². The molecular formula is C19H16BrClN2O4. The zero-order valence-corrected chi connectivity index (χ0v) is 16.9. The molecule has 1 heterocycles. The second kappa shape index (κ2) is 8.45.